The molecule has 23 heavy (non-hydrogen) atoms. The second-order valence-corrected chi connectivity index (χ2v) is 6.11. The first-order valence-corrected chi connectivity index (χ1v) is 7.82. The van der Waals surface area contributed by atoms with E-state index in [1.807, 2.05) is 12.1 Å². The molecule has 6 heteroatoms. The second-order valence-electron chi connectivity index (χ2n) is 4.68. The van der Waals surface area contributed by atoms with Crippen molar-refractivity contribution < 1.29 is 14.0 Å². The largest absolute Gasteiger partial charge is 0.457 e. The molecule has 0 aliphatic carbocycles. The summed E-state index contributed by atoms with van der Waals surface area (Å²) >= 11 is 6.81. The zero-order valence-corrected chi connectivity index (χ0v) is 13.4. The summed E-state index contributed by atoms with van der Waals surface area (Å²) in [6, 6.07) is 10.8. The Morgan fingerprint density at radius 1 is 1.30 bits per heavy atom. The number of terminal acetylenes is 1. The fourth-order valence-electron chi connectivity index (χ4n) is 2.08. The predicted octanol–water partition coefficient (Wildman–Crippen LogP) is 4.27. The maximum atomic E-state index is 12.1. The summed E-state index contributed by atoms with van der Waals surface area (Å²) in [7, 11) is 0. The third-order valence-electron chi connectivity index (χ3n) is 3.13. The molecule has 0 spiro atoms. The van der Waals surface area contributed by atoms with Gasteiger partial charge in [0.15, 0.2) is 0 Å². The molecule has 1 saturated heterocycles. The lowest BCUT2D eigenvalue weighted by Gasteiger charge is -2.06. The first-order chi connectivity index (χ1) is 11.1. The molecule has 0 bridgehead atoms. The van der Waals surface area contributed by atoms with Gasteiger partial charge in [-0.15, -0.1) is 6.42 Å². The van der Waals surface area contributed by atoms with Gasteiger partial charge in [0.25, 0.3) is 11.1 Å². The molecule has 2 aromatic rings. The van der Waals surface area contributed by atoms with E-state index in [0.29, 0.717) is 16.5 Å². The van der Waals surface area contributed by atoms with Crippen LogP contribution >= 0.6 is 23.4 Å². The van der Waals surface area contributed by atoms with Crippen LogP contribution in [0.5, 0.6) is 0 Å². The average molecular weight is 344 g/mol. The highest BCUT2D eigenvalue weighted by Crippen LogP contribution is 2.33. The molecule has 0 radical (unpaired) electrons. The molecular formula is C17H10ClNO3S. The number of amides is 2. The minimum absolute atomic E-state index is 0.0338. The number of hydrogen-bond donors (Lipinski definition) is 0. The topological polar surface area (TPSA) is 50.5 Å². The molecule has 0 unspecified atom stereocenters. The summed E-state index contributed by atoms with van der Waals surface area (Å²) in [6.45, 7) is -0.0338. The number of furan rings is 1. The maximum absolute atomic E-state index is 12.1. The highest BCUT2D eigenvalue weighted by atomic mass is 35.5. The lowest BCUT2D eigenvalue weighted by atomic mass is 10.2. The standard InChI is InChI=1S/C17H10ClNO3S/c1-2-8-19-16(20)15(23-17(19)21)10-13-6-7-14(22-13)11-4-3-5-12(18)9-11/h1,3-7,9-10H,8H2/b15-10+. The molecule has 2 heterocycles. The molecule has 1 aromatic heterocycles. The summed E-state index contributed by atoms with van der Waals surface area (Å²) < 4.78 is 5.69. The van der Waals surface area contributed by atoms with Crippen molar-refractivity contribution in [3.05, 3.63) is 52.1 Å². The molecule has 3 rings (SSSR count). The smallest absolute Gasteiger partial charge is 0.294 e. The number of nitrogens with zero attached hydrogens (tertiary/aromatic N) is 1. The fourth-order valence-corrected chi connectivity index (χ4v) is 3.09. The second kappa shape index (κ2) is 6.37. The van der Waals surface area contributed by atoms with Crippen LogP contribution in [0.1, 0.15) is 5.76 Å². The van der Waals surface area contributed by atoms with Crippen LogP contribution in [0.25, 0.3) is 17.4 Å². The molecule has 0 saturated carbocycles. The number of benzene rings is 1. The first kappa shape index (κ1) is 15.5. The number of carbonyl (C=O) groups is 2. The maximum Gasteiger partial charge on any atom is 0.294 e. The molecular weight excluding hydrogens is 334 g/mol. The van der Waals surface area contributed by atoms with Crippen LogP contribution < -0.4 is 0 Å². The summed E-state index contributed by atoms with van der Waals surface area (Å²) in [5.74, 6) is 2.99. The predicted molar refractivity (Wildman–Crippen MR) is 90.7 cm³/mol. The molecule has 1 aliphatic rings. The van der Waals surface area contributed by atoms with Gasteiger partial charge in [-0.1, -0.05) is 29.7 Å². The Kier molecular flexibility index (Phi) is 4.28. The van der Waals surface area contributed by atoms with Crippen molar-refractivity contribution in [3.63, 3.8) is 0 Å². The quantitative estimate of drug-likeness (QED) is 0.617. The number of imide groups is 1. The number of hydrogen-bond acceptors (Lipinski definition) is 4. The van der Waals surface area contributed by atoms with E-state index in [1.54, 1.807) is 24.3 Å². The molecule has 1 fully saturated rings. The summed E-state index contributed by atoms with van der Waals surface area (Å²) in [6.07, 6.45) is 6.69. The summed E-state index contributed by atoms with van der Waals surface area (Å²) in [5, 5.41) is 0.233. The molecule has 4 nitrogen and oxygen atoms in total. The van der Waals surface area contributed by atoms with Crippen LogP contribution in [0.3, 0.4) is 0 Å². The van der Waals surface area contributed by atoms with E-state index >= 15 is 0 Å². The average Bonchev–Trinajstić information content (AvgIpc) is 3.09. The van der Waals surface area contributed by atoms with Crippen molar-refractivity contribution in [2.45, 2.75) is 0 Å². The molecule has 1 aliphatic heterocycles. The van der Waals surface area contributed by atoms with Crippen molar-refractivity contribution in [2.24, 2.45) is 0 Å². The van der Waals surface area contributed by atoms with Crippen LogP contribution in [0.4, 0.5) is 4.79 Å². The number of halogens is 1. The summed E-state index contributed by atoms with van der Waals surface area (Å²) in [4.78, 5) is 25.1. The lowest BCUT2D eigenvalue weighted by molar-refractivity contribution is -0.122. The normalized spacial score (nSPS) is 16.2. The minimum Gasteiger partial charge on any atom is -0.457 e. The van der Waals surface area contributed by atoms with Crippen molar-refractivity contribution in [3.8, 4) is 23.7 Å². The van der Waals surface area contributed by atoms with E-state index in [4.69, 9.17) is 22.4 Å². The van der Waals surface area contributed by atoms with Crippen molar-refractivity contribution in [1.82, 2.24) is 4.90 Å². The molecule has 0 N–H and O–H groups in total. The Bertz CT molecular complexity index is 863. The third-order valence-corrected chi connectivity index (χ3v) is 4.27. The Morgan fingerprint density at radius 3 is 2.87 bits per heavy atom. The van der Waals surface area contributed by atoms with Crippen LogP contribution in [-0.4, -0.2) is 22.6 Å². The van der Waals surface area contributed by atoms with Gasteiger partial charge in [0, 0.05) is 16.7 Å². The van der Waals surface area contributed by atoms with E-state index in [-0.39, 0.29) is 16.7 Å². The van der Waals surface area contributed by atoms with Gasteiger partial charge >= 0.3 is 0 Å². The Balaban J connectivity index is 1.86. The Morgan fingerprint density at radius 2 is 2.13 bits per heavy atom. The zero-order valence-electron chi connectivity index (χ0n) is 11.8. The zero-order chi connectivity index (χ0) is 16.4. The van der Waals surface area contributed by atoms with Crippen LogP contribution in [0.15, 0.2) is 45.7 Å². The van der Waals surface area contributed by atoms with E-state index in [2.05, 4.69) is 5.92 Å². The van der Waals surface area contributed by atoms with Crippen LogP contribution in [0.2, 0.25) is 5.02 Å². The Labute approximate surface area is 142 Å². The van der Waals surface area contributed by atoms with Gasteiger partial charge in [0.2, 0.25) is 0 Å². The molecule has 2 amide bonds. The van der Waals surface area contributed by atoms with E-state index in [0.717, 1.165) is 22.2 Å². The van der Waals surface area contributed by atoms with Gasteiger partial charge in [0.05, 0.1) is 11.4 Å². The summed E-state index contributed by atoms with van der Waals surface area (Å²) in [5.41, 5.74) is 0.831. The van der Waals surface area contributed by atoms with Gasteiger partial charge in [0.1, 0.15) is 11.5 Å². The van der Waals surface area contributed by atoms with Crippen molar-refractivity contribution >= 4 is 40.6 Å². The fraction of sp³-hybridized carbons (Fsp3) is 0.0588. The first-order valence-electron chi connectivity index (χ1n) is 6.63. The van der Waals surface area contributed by atoms with Crippen LogP contribution in [0, 0.1) is 12.3 Å². The highest BCUT2D eigenvalue weighted by Gasteiger charge is 2.34. The third kappa shape index (κ3) is 3.19. The van der Waals surface area contributed by atoms with Crippen LogP contribution in [-0.2, 0) is 4.79 Å². The molecule has 1 aromatic carbocycles. The van der Waals surface area contributed by atoms with E-state index < -0.39 is 5.91 Å². The van der Waals surface area contributed by atoms with Crippen molar-refractivity contribution in [2.75, 3.05) is 6.54 Å². The Hall–Kier alpha value is -2.42. The number of carbonyl (C=O) groups excluding carboxylic acids is 2. The lowest BCUT2D eigenvalue weighted by Crippen LogP contribution is -2.28. The monoisotopic (exact) mass is 343 g/mol. The number of thioether (sulfide) groups is 1. The van der Waals surface area contributed by atoms with Gasteiger partial charge in [-0.2, -0.15) is 0 Å². The van der Waals surface area contributed by atoms with Gasteiger partial charge in [-0.25, -0.2) is 0 Å². The van der Waals surface area contributed by atoms with Gasteiger partial charge in [-0.05, 0) is 36.0 Å². The molecule has 0 atom stereocenters. The van der Waals surface area contributed by atoms with Crippen molar-refractivity contribution in [1.29, 1.82) is 0 Å². The van der Waals surface area contributed by atoms with E-state index in [9.17, 15) is 9.59 Å². The van der Waals surface area contributed by atoms with Gasteiger partial charge in [-0.3, -0.25) is 14.5 Å². The highest BCUT2D eigenvalue weighted by molar-refractivity contribution is 8.18. The SMILES string of the molecule is C#CCN1C(=O)S/C(=C/c2ccc(-c3cccc(Cl)c3)o2)C1=O. The van der Waals surface area contributed by atoms with E-state index in [1.165, 1.54) is 6.08 Å². The number of rotatable bonds is 3. The van der Waals surface area contributed by atoms with Gasteiger partial charge < -0.3 is 4.42 Å². The molecule has 114 valence electrons. The minimum atomic E-state index is -0.404.